The Morgan fingerprint density at radius 1 is 1.34 bits per heavy atom. The summed E-state index contributed by atoms with van der Waals surface area (Å²) in [7, 11) is 0. The Morgan fingerprint density at radius 3 is 2.78 bits per heavy atom. The molecule has 0 unspecified atom stereocenters. The maximum Gasteiger partial charge on any atom is 0.434 e. The van der Waals surface area contributed by atoms with Gasteiger partial charge in [0, 0.05) is 12.3 Å². The highest BCUT2D eigenvalue weighted by atomic mass is 19.1. The van der Waals surface area contributed by atoms with Gasteiger partial charge >= 0.3 is 6.09 Å². The SMILES string of the molecule is CC(C)(C)OC(=O)/N=C1\CCCN(c2ncc(F)c(=O)n2Cc2cc(F)ccc2C#N)C1. The number of halogens is 2. The lowest BCUT2D eigenvalue weighted by Gasteiger charge is -2.30. The minimum Gasteiger partial charge on any atom is -0.442 e. The van der Waals surface area contributed by atoms with E-state index in [2.05, 4.69) is 9.98 Å². The van der Waals surface area contributed by atoms with E-state index in [1.807, 2.05) is 6.07 Å². The smallest absolute Gasteiger partial charge is 0.434 e. The predicted octanol–water partition coefficient (Wildman–Crippen LogP) is 3.42. The second-order valence-corrected chi connectivity index (χ2v) is 8.39. The molecule has 10 heteroatoms. The third-order valence-corrected chi connectivity index (χ3v) is 4.69. The molecule has 1 aromatic heterocycles. The summed E-state index contributed by atoms with van der Waals surface area (Å²) in [5.74, 6) is -1.51. The van der Waals surface area contributed by atoms with Crippen LogP contribution in [0.1, 0.15) is 44.7 Å². The number of benzene rings is 1. The maximum atomic E-state index is 14.1. The zero-order valence-electron chi connectivity index (χ0n) is 18.1. The molecule has 2 aromatic rings. The lowest BCUT2D eigenvalue weighted by Crippen LogP contribution is -2.41. The molecule has 1 aliphatic heterocycles. The summed E-state index contributed by atoms with van der Waals surface area (Å²) < 4.78 is 34.1. The molecule has 0 aliphatic carbocycles. The first-order valence-electron chi connectivity index (χ1n) is 10.1. The molecule has 0 atom stereocenters. The lowest BCUT2D eigenvalue weighted by molar-refractivity contribution is 0.0603. The van der Waals surface area contributed by atoms with Gasteiger partial charge in [-0.05, 0) is 57.4 Å². The third kappa shape index (κ3) is 5.55. The number of hydrogen-bond donors (Lipinski definition) is 0. The van der Waals surface area contributed by atoms with Gasteiger partial charge in [0.15, 0.2) is 0 Å². The summed E-state index contributed by atoms with van der Waals surface area (Å²) in [5, 5.41) is 9.31. The number of aliphatic imine (C=N–C) groups is 1. The van der Waals surface area contributed by atoms with Gasteiger partial charge in [0.25, 0.3) is 5.56 Å². The molecule has 32 heavy (non-hydrogen) atoms. The Balaban J connectivity index is 1.94. The molecule has 0 spiro atoms. The van der Waals surface area contributed by atoms with Gasteiger partial charge in [-0.15, -0.1) is 0 Å². The van der Waals surface area contributed by atoms with Gasteiger partial charge in [-0.25, -0.2) is 14.2 Å². The number of ether oxygens (including phenoxy) is 1. The molecule has 0 bridgehead atoms. The van der Waals surface area contributed by atoms with E-state index in [0.29, 0.717) is 25.1 Å². The summed E-state index contributed by atoms with van der Waals surface area (Å²) >= 11 is 0. The van der Waals surface area contributed by atoms with E-state index < -0.39 is 28.9 Å². The van der Waals surface area contributed by atoms with E-state index in [4.69, 9.17) is 4.74 Å². The van der Waals surface area contributed by atoms with Crippen molar-refractivity contribution in [1.82, 2.24) is 9.55 Å². The fourth-order valence-electron chi connectivity index (χ4n) is 3.35. The molecule has 1 aromatic carbocycles. The Kier molecular flexibility index (Phi) is 6.67. The summed E-state index contributed by atoms with van der Waals surface area (Å²) in [6.07, 6.45) is 1.30. The number of aromatic nitrogens is 2. The van der Waals surface area contributed by atoms with Crippen molar-refractivity contribution in [3.63, 3.8) is 0 Å². The highest BCUT2D eigenvalue weighted by molar-refractivity contribution is 5.96. The molecule has 168 valence electrons. The van der Waals surface area contributed by atoms with Crippen molar-refractivity contribution in [2.45, 2.75) is 45.8 Å². The number of nitrogens with zero attached hydrogens (tertiary/aromatic N) is 5. The van der Waals surface area contributed by atoms with Crippen molar-refractivity contribution in [2.75, 3.05) is 18.0 Å². The quantitative estimate of drug-likeness (QED) is 0.721. The molecule has 0 radical (unpaired) electrons. The van der Waals surface area contributed by atoms with Crippen LogP contribution in [0.2, 0.25) is 0 Å². The van der Waals surface area contributed by atoms with E-state index >= 15 is 0 Å². The van der Waals surface area contributed by atoms with Crippen LogP contribution in [0.25, 0.3) is 0 Å². The topological polar surface area (TPSA) is 101 Å². The minimum atomic E-state index is -1.07. The third-order valence-electron chi connectivity index (χ3n) is 4.69. The summed E-state index contributed by atoms with van der Waals surface area (Å²) in [4.78, 5) is 34.4. The van der Waals surface area contributed by atoms with Crippen molar-refractivity contribution in [1.29, 1.82) is 5.26 Å². The van der Waals surface area contributed by atoms with E-state index in [9.17, 15) is 23.6 Å². The largest absolute Gasteiger partial charge is 0.442 e. The number of carbonyl (C=O) groups excluding carboxylic acids is 1. The fraction of sp³-hybridized carbons (Fsp3) is 0.409. The molecule has 2 heterocycles. The van der Waals surface area contributed by atoms with Crippen LogP contribution in [0.5, 0.6) is 0 Å². The first kappa shape index (κ1) is 23.1. The number of rotatable bonds is 3. The second kappa shape index (κ2) is 9.26. The van der Waals surface area contributed by atoms with Gasteiger partial charge < -0.3 is 9.64 Å². The van der Waals surface area contributed by atoms with Crippen molar-refractivity contribution < 1.29 is 18.3 Å². The highest BCUT2D eigenvalue weighted by Gasteiger charge is 2.24. The Labute approximate surface area is 183 Å². The average Bonchev–Trinajstić information content (AvgIpc) is 2.70. The van der Waals surface area contributed by atoms with Crippen molar-refractivity contribution in [3.05, 3.63) is 57.5 Å². The molecule has 1 aliphatic rings. The van der Waals surface area contributed by atoms with Crippen LogP contribution >= 0.6 is 0 Å². The van der Waals surface area contributed by atoms with Gasteiger partial charge in [-0.3, -0.25) is 9.36 Å². The molecule has 0 N–H and O–H groups in total. The standard InChI is InChI=1S/C22H23F2N5O3/c1-22(2,3)32-21(31)27-17-5-4-8-28(13-17)20-26-11-18(24)19(30)29(20)12-15-9-16(23)7-6-14(15)10-25/h6-7,9,11H,4-5,8,12-13H2,1-3H3/b27-17+. The Bertz CT molecular complexity index is 1160. The van der Waals surface area contributed by atoms with Crippen molar-refractivity contribution >= 4 is 17.8 Å². The van der Waals surface area contributed by atoms with Gasteiger partial charge in [0.1, 0.15) is 11.4 Å². The minimum absolute atomic E-state index is 0.140. The first-order chi connectivity index (χ1) is 15.1. The molecular weight excluding hydrogens is 420 g/mol. The molecule has 1 saturated heterocycles. The predicted molar refractivity (Wildman–Crippen MR) is 114 cm³/mol. The molecule has 3 rings (SSSR count). The number of amides is 1. The van der Waals surface area contributed by atoms with Crippen LogP contribution in [-0.4, -0.2) is 40.0 Å². The highest BCUT2D eigenvalue weighted by Crippen LogP contribution is 2.19. The van der Waals surface area contributed by atoms with E-state index in [1.54, 1.807) is 25.7 Å². The fourth-order valence-corrected chi connectivity index (χ4v) is 3.35. The number of anilines is 1. The summed E-state index contributed by atoms with van der Waals surface area (Å²) in [6, 6.07) is 5.51. The van der Waals surface area contributed by atoms with Crippen LogP contribution < -0.4 is 10.5 Å². The molecule has 1 fully saturated rings. The number of hydrogen-bond acceptors (Lipinski definition) is 6. The van der Waals surface area contributed by atoms with Gasteiger partial charge in [-0.1, -0.05) is 0 Å². The average molecular weight is 443 g/mol. The van der Waals surface area contributed by atoms with Crippen LogP contribution in [0.15, 0.2) is 34.2 Å². The van der Waals surface area contributed by atoms with Crippen molar-refractivity contribution in [2.24, 2.45) is 4.99 Å². The van der Waals surface area contributed by atoms with Crippen LogP contribution in [0.4, 0.5) is 19.5 Å². The number of carbonyl (C=O) groups is 1. The monoisotopic (exact) mass is 443 g/mol. The van der Waals surface area contributed by atoms with Crippen molar-refractivity contribution in [3.8, 4) is 6.07 Å². The lowest BCUT2D eigenvalue weighted by atomic mass is 10.1. The first-order valence-corrected chi connectivity index (χ1v) is 10.1. The second-order valence-electron chi connectivity index (χ2n) is 8.39. The van der Waals surface area contributed by atoms with Gasteiger partial charge in [-0.2, -0.15) is 14.6 Å². The van der Waals surface area contributed by atoms with E-state index in [0.717, 1.165) is 22.9 Å². The molecule has 8 nitrogen and oxygen atoms in total. The van der Waals surface area contributed by atoms with Crippen LogP contribution in [0, 0.1) is 23.0 Å². The normalized spacial score (nSPS) is 15.5. The Morgan fingerprint density at radius 2 is 2.09 bits per heavy atom. The summed E-state index contributed by atoms with van der Waals surface area (Å²) in [6.45, 7) is 5.64. The van der Waals surface area contributed by atoms with Crippen LogP contribution in [-0.2, 0) is 11.3 Å². The molecular formula is C22H23F2N5O3. The number of nitriles is 1. The van der Waals surface area contributed by atoms with Gasteiger partial charge in [0.2, 0.25) is 11.8 Å². The number of piperidine rings is 1. The zero-order chi connectivity index (χ0) is 23.5. The van der Waals surface area contributed by atoms with E-state index in [-0.39, 0.29) is 30.2 Å². The Hall–Kier alpha value is -3.61. The maximum absolute atomic E-state index is 14.1. The zero-order valence-corrected chi connectivity index (χ0v) is 18.1. The van der Waals surface area contributed by atoms with Gasteiger partial charge in [0.05, 0.1) is 30.9 Å². The summed E-state index contributed by atoms with van der Waals surface area (Å²) in [5.41, 5.74) is -0.696. The molecule has 1 amide bonds. The molecule has 0 saturated carbocycles. The van der Waals surface area contributed by atoms with E-state index in [1.165, 1.54) is 6.07 Å². The van der Waals surface area contributed by atoms with Crippen LogP contribution in [0.3, 0.4) is 0 Å².